The zero-order chi connectivity index (χ0) is 19.5. The van der Waals surface area contributed by atoms with Crippen LogP contribution >= 0.6 is 0 Å². The van der Waals surface area contributed by atoms with E-state index >= 15 is 0 Å². The first-order chi connectivity index (χ1) is 13.1. The van der Waals surface area contributed by atoms with E-state index in [1.54, 1.807) is 13.1 Å². The van der Waals surface area contributed by atoms with Crippen LogP contribution in [0.4, 0.5) is 10.5 Å². The number of rotatable bonds is 8. The monoisotopic (exact) mass is 374 g/mol. The van der Waals surface area contributed by atoms with Gasteiger partial charge >= 0.3 is 6.03 Å². The molecule has 1 fully saturated rings. The molecule has 0 unspecified atom stereocenters. The fourth-order valence-electron chi connectivity index (χ4n) is 3.20. The molecular formula is C20H30N4O3. The van der Waals surface area contributed by atoms with Crippen LogP contribution in [0.5, 0.6) is 0 Å². The Labute approximate surface area is 160 Å². The van der Waals surface area contributed by atoms with Gasteiger partial charge in [0.05, 0.1) is 6.42 Å². The fraction of sp³-hybridized carbons (Fsp3) is 0.550. The smallest absolute Gasteiger partial charge is 0.315 e. The molecule has 0 radical (unpaired) electrons. The van der Waals surface area contributed by atoms with E-state index in [4.69, 9.17) is 0 Å². The highest BCUT2D eigenvalue weighted by Crippen LogP contribution is 2.17. The van der Waals surface area contributed by atoms with Gasteiger partial charge in [-0.2, -0.15) is 0 Å². The number of likely N-dealkylation sites (N-methyl/N-ethyl adjacent to an activating group) is 1. The number of benzene rings is 1. The van der Waals surface area contributed by atoms with Gasteiger partial charge in [-0.15, -0.1) is 0 Å². The molecule has 148 valence electrons. The summed E-state index contributed by atoms with van der Waals surface area (Å²) < 4.78 is 0. The average molecular weight is 374 g/mol. The van der Waals surface area contributed by atoms with Gasteiger partial charge in [-0.25, -0.2) is 4.79 Å². The molecule has 0 atom stereocenters. The summed E-state index contributed by atoms with van der Waals surface area (Å²) in [6, 6.07) is 7.38. The molecule has 7 nitrogen and oxygen atoms in total. The molecule has 4 N–H and O–H groups in total. The lowest BCUT2D eigenvalue weighted by Gasteiger charge is -2.22. The number of para-hydroxylation sites is 1. The molecule has 1 aromatic rings. The maximum atomic E-state index is 12.1. The molecule has 0 spiro atoms. The molecule has 27 heavy (non-hydrogen) atoms. The molecule has 2 rings (SSSR count). The zero-order valence-electron chi connectivity index (χ0n) is 16.0. The Morgan fingerprint density at radius 2 is 1.78 bits per heavy atom. The first-order valence-corrected chi connectivity index (χ1v) is 9.71. The van der Waals surface area contributed by atoms with Crippen molar-refractivity contribution in [2.24, 2.45) is 0 Å². The van der Waals surface area contributed by atoms with Gasteiger partial charge in [-0.05, 0) is 30.9 Å². The van der Waals surface area contributed by atoms with Crippen LogP contribution in [0.15, 0.2) is 24.3 Å². The molecule has 0 aromatic heterocycles. The van der Waals surface area contributed by atoms with Gasteiger partial charge in [0.1, 0.15) is 0 Å². The average Bonchev–Trinajstić information content (AvgIpc) is 2.67. The Morgan fingerprint density at radius 1 is 1.04 bits per heavy atom. The molecule has 0 saturated heterocycles. The number of hydrogen-bond acceptors (Lipinski definition) is 3. The molecule has 7 heteroatoms. The van der Waals surface area contributed by atoms with Crippen LogP contribution in [-0.2, 0) is 16.0 Å². The van der Waals surface area contributed by atoms with E-state index in [9.17, 15) is 14.4 Å². The van der Waals surface area contributed by atoms with E-state index in [2.05, 4.69) is 21.3 Å². The number of amides is 4. The lowest BCUT2D eigenvalue weighted by atomic mass is 9.96. The van der Waals surface area contributed by atoms with Gasteiger partial charge < -0.3 is 21.3 Å². The van der Waals surface area contributed by atoms with Crippen molar-refractivity contribution in [1.29, 1.82) is 0 Å². The molecule has 1 aliphatic carbocycles. The van der Waals surface area contributed by atoms with E-state index in [-0.39, 0.29) is 30.3 Å². The number of urea groups is 1. The summed E-state index contributed by atoms with van der Waals surface area (Å²) in [4.78, 5) is 35.6. The molecular weight excluding hydrogens is 344 g/mol. The van der Waals surface area contributed by atoms with Crippen molar-refractivity contribution in [1.82, 2.24) is 16.0 Å². The van der Waals surface area contributed by atoms with E-state index in [0.717, 1.165) is 18.4 Å². The highest BCUT2D eigenvalue weighted by Gasteiger charge is 2.15. The predicted molar refractivity (Wildman–Crippen MR) is 105 cm³/mol. The van der Waals surface area contributed by atoms with Crippen LogP contribution in [0.3, 0.4) is 0 Å². The largest absolute Gasteiger partial charge is 0.359 e. The molecule has 0 heterocycles. The van der Waals surface area contributed by atoms with Gasteiger partial charge in [0, 0.05) is 31.7 Å². The second-order valence-corrected chi connectivity index (χ2v) is 6.89. The van der Waals surface area contributed by atoms with E-state index in [1.165, 1.54) is 19.3 Å². The van der Waals surface area contributed by atoms with Crippen LogP contribution in [0.25, 0.3) is 0 Å². The Bertz CT molecular complexity index is 642. The van der Waals surface area contributed by atoms with Crippen LogP contribution < -0.4 is 21.3 Å². The van der Waals surface area contributed by atoms with Crippen LogP contribution in [-0.4, -0.2) is 37.5 Å². The third-order valence-corrected chi connectivity index (χ3v) is 4.73. The van der Waals surface area contributed by atoms with Crippen molar-refractivity contribution in [3.63, 3.8) is 0 Å². The summed E-state index contributed by atoms with van der Waals surface area (Å²) in [5.74, 6) is -0.237. The number of nitrogens with one attached hydrogen (secondary N) is 4. The SMILES string of the molecule is CNC(=O)Cc1ccccc1NC(=O)CCCNC(=O)NC1CCCCC1. The molecule has 1 saturated carbocycles. The number of anilines is 1. The van der Waals surface area contributed by atoms with E-state index in [1.807, 2.05) is 18.2 Å². The van der Waals surface area contributed by atoms with Gasteiger partial charge in [0.15, 0.2) is 0 Å². The van der Waals surface area contributed by atoms with Crippen LogP contribution in [0, 0.1) is 0 Å². The fourth-order valence-corrected chi connectivity index (χ4v) is 3.20. The number of carbonyl (C=O) groups is 3. The van der Waals surface area contributed by atoms with Crippen molar-refractivity contribution in [2.45, 2.75) is 57.4 Å². The first kappa shape index (κ1) is 20.7. The van der Waals surface area contributed by atoms with Gasteiger partial charge in [0.25, 0.3) is 0 Å². The Balaban J connectivity index is 1.67. The highest BCUT2D eigenvalue weighted by atomic mass is 16.2. The second-order valence-electron chi connectivity index (χ2n) is 6.89. The summed E-state index contributed by atoms with van der Waals surface area (Å²) in [6.07, 6.45) is 6.77. The Kier molecular flexibility index (Phi) is 8.61. The van der Waals surface area contributed by atoms with Gasteiger partial charge in [0.2, 0.25) is 11.8 Å². The number of carbonyl (C=O) groups excluding carboxylic acids is 3. The third-order valence-electron chi connectivity index (χ3n) is 4.73. The number of hydrogen-bond donors (Lipinski definition) is 4. The summed E-state index contributed by atoms with van der Waals surface area (Å²) in [7, 11) is 1.58. The topological polar surface area (TPSA) is 99.3 Å². The molecule has 0 aliphatic heterocycles. The minimum Gasteiger partial charge on any atom is -0.359 e. The zero-order valence-corrected chi connectivity index (χ0v) is 16.0. The predicted octanol–water partition coefficient (Wildman–Crippen LogP) is 2.33. The quantitative estimate of drug-likeness (QED) is 0.526. The molecule has 4 amide bonds. The Hall–Kier alpha value is -2.57. The van der Waals surface area contributed by atoms with Crippen molar-refractivity contribution in [3.05, 3.63) is 29.8 Å². The normalized spacial score (nSPS) is 14.3. The summed E-state index contributed by atoms with van der Waals surface area (Å²) >= 11 is 0. The van der Waals surface area contributed by atoms with E-state index in [0.29, 0.717) is 25.1 Å². The molecule has 1 aromatic carbocycles. The lowest BCUT2D eigenvalue weighted by Crippen LogP contribution is -2.43. The first-order valence-electron chi connectivity index (χ1n) is 9.71. The minimum atomic E-state index is -0.154. The maximum Gasteiger partial charge on any atom is 0.315 e. The maximum absolute atomic E-state index is 12.1. The highest BCUT2D eigenvalue weighted by molar-refractivity contribution is 5.92. The standard InChI is InChI=1S/C20H30N4O3/c1-21-19(26)14-15-8-5-6-11-17(15)24-18(25)12-7-13-22-20(27)23-16-9-3-2-4-10-16/h5-6,8,11,16H,2-4,7,9-10,12-14H2,1H3,(H,21,26)(H,24,25)(H2,22,23,27). The summed E-state index contributed by atoms with van der Waals surface area (Å²) in [5.41, 5.74) is 1.42. The molecule has 1 aliphatic rings. The van der Waals surface area contributed by atoms with Gasteiger partial charge in [-0.1, -0.05) is 37.5 Å². The lowest BCUT2D eigenvalue weighted by molar-refractivity contribution is -0.120. The van der Waals surface area contributed by atoms with E-state index < -0.39 is 0 Å². The van der Waals surface area contributed by atoms with Crippen molar-refractivity contribution in [3.8, 4) is 0 Å². The summed E-state index contributed by atoms with van der Waals surface area (Å²) in [5, 5.41) is 11.2. The second kappa shape index (κ2) is 11.2. The summed E-state index contributed by atoms with van der Waals surface area (Å²) in [6.45, 7) is 0.450. The van der Waals surface area contributed by atoms with Crippen molar-refractivity contribution < 1.29 is 14.4 Å². The van der Waals surface area contributed by atoms with Crippen LogP contribution in [0.2, 0.25) is 0 Å². The van der Waals surface area contributed by atoms with Crippen molar-refractivity contribution in [2.75, 3.05) is 18.9 Å². The van der Waals surface area contributed by atoms with Crippen molar-refractivity contribution >= 4 is 23.5 Å². The third kappa shape index (κ3) is 7.68. The van der Waals surface area contributed by atoms with Gasteiger partial charge in [-0.3, -0.25) is 9.59 Å². The van der Waals surface area contributed by atoms with Crippen LogP contribution in [0.1, 0.15) is 50.5 Å². The Morgan fingerprint density at radius 3 is 2.52 bits per heavy atom. The minimum absolute atomic E-state index is 0.107. The molecule has 0 bridgehead atoms.